The van der Waals surface area contributed by atoms with Gasteiger partial charge in [-0.25, -0.2) is 0 Å². The van der Waals surface area contributed by atoms with Crippen LogP contribution in [-0.2, 0) is 22.6 Å². The molecule has 1 aromatic heterocycles. The summed E-state index contributed by atoms with van der Waals surface area (Å²) in [6.45, 7) is 11.7. The molecule has 7 heteroatoms. The van der Waals surface area contributed by atoms with E-state index in [9.17, 15) is 14.9 Å². The molecule has 3 heterocycles. The van der Waals surface area contributed by atoms with Crippen LogP contribution in [0.15, 0.2) is 40.9 Å². The maximum atomic E-state index is 12.5. The topological polar surface area (TPSA) is 85.6 Å². The van der Waals surface area contributed by atoms with E-state index in [1.54, 1.807) is 23.6 Å². The maximum Gasteiger partial charge on any atom is 0.227 e. The van der Waals surface area contributed by atoms with Gasteiger partial charge in [-0.05, 0) is 43.7 Å². The van der Waals surface area contributed by atoms with Gasteiger partial charge in [0.1, 0.15) is 17.4 Å². The monoisotopic (exact) mass is 480 g/mol. The van der Waals surface area contributed by atoms with Gasteiger partial charge in [-0.15, -0.1) is 11.3 Å². The summed E-state index contributed by atoms with van der Waals surface area (Å²) < 4.78 is 0. The van der Waals surface area contributed by atoms with E-state index in [1.165, 1.54) is 5.57 Å². The number of dihydropyridines is 1. The van der Waals surface area contributed by atoms with E-state index in [1.807, 2.05) is 37.9 Å². The Morgan fingerprint density at radius 2 is 2.18 bits per heavy atom. The van der Waals surface area contributed by atoms with Crippen LogP contribution in [0.5, 0.6) is 0 Å². The Kier molecular flexibility index (Phi) is 11.0. The maximum absolute atomic E-state index is 12.5. The van der Waals surface area contributed by atoms with Crippen LogP contribution in [0, 0.1) is 23.2 Å². The summed E-state index contributed by atoms with van der Waals surface area (Å²) in [5.74, 6) is 0.997. The second kappa shape index (κ2) is 13.7. The molecule has 1 fully saturated rings. The van der Waals surface area contributed by atoms with Crippen LogP contribution < -0.4 is 5.32 Å². The van der Waals surface area contributed by atoms with Crippen molar-refractivity contribution in [1.29, 1.82) is 5.26 Å². The largest absolute Gasteiger partial charge is 0.379 e. The first kappa shape index (κ1) is 27.3. The molecule has 0 spiro atoms. The van der Waals surface area contributed by atoms with Crippen molar-refractivity contribution in [2.24, 2.45) is 16.8 Å². The van der Waals surface area contributed by atoms with Gasteiger partial charge >= 0.3 is 0 Å². The minimum atomic E-state index is 0.171. The second-order valence-corrected chi connectivity index (χ2v) is 9.34. The van der Waals surface area contributed by atoms with Gasteiger partial charge < -0.3 is 15.0 Å². The molecule has 1 aromatic rings. The number of hydrogen-bond acceptors (Lipinski definition) is 6. The molecular formula is C27H36N4O2S. The van der Waals surface area contributed by atoms with E-state index in [4.69, 9.17) is 0 Å². The van der Waals surface area contributed by atoms with Crippen molar-refractivity contribution < 1.29 is 9.59 Å². The SMILES string of the molecule is C=C/C=C(\C)C1CC1C=O.CC.CNc1sc2c(c1C#N)CCN(C(=O)CC1=CC=NCC1)C2. The van der Waals surface area contributed by atoms with Gasteiger partial charge in [0.2, 0.25) is 5.91 Å². The van der Waals surface area contributed by atoms with Crippen LogP contribution in [0.1, 0.15) is 56.0 Å². The molecule has 2 atom stereocenters. The number of nitrogens with zero attached hydrogens (tertiary/aromatic N) is 3. The van der Waals surface area contributed by atoms with Crippen molar-refractivity contribution >= 4 is 34.7 Å². The van der Waals surface area contributed by atoms with Crippen molar-refractivity contribution in [2.75, 3.05) is 25.5 Å². The molecule has 0 radical (unpaired) electrons. The fraction of sp³-hybridized carbons (Fsp3) is 0.481. The summed E-state index contributed by atoms with van der Waals surface area (Å²) in [5.41, 5.74) is 4.31. The van der Waals surface area contributed by atoms with Crippen molar-refractivity contribution in [3.8, 4) is 6.07 Å². The van der Waals surface area contributed by atoms with E-state index in [-0.39, 0.29) is 5.91 Å². The third kappa shape index (κ3) is 7.01. The number of carbonyl (C=O) groups is 2. The lowest BCUT2D eigenvalue weighted by molar-refractivity contribution is -0.131. The first-order valence-corrected chi connectivity index (χ1v) is 12.8. The first-order valence-electron chi connectivity index (χ1n) is 11.9. The minimum absolute atomic E-state index is 0.171. The number of aliphatic imine (C=N–C) groups is 1. The quantitative estimate of drug-likeness (QED) is 0.441. The van der Waals surface area contributed by atoms with Crippen LogP contribution in [0.4, 0.5) is 5.00 Å². The van der Waals surface area contributed by atoms with E-state index < -0.39 is 0 Å². The highest BCUT2D eigenvalue weighted by molar-refractivity contribution is 7.16. The average molecular weight is 481 g/mol. The lowest BCUT2D eigenvalue weighted by atomic mass is 10.0. The molecule has 0 bridgehead atoms. The molecule has 4 rings (SSSR count). The Morgan fingerprint density at radius 1 is 1.41 bits per heavy atom. The molecule has 1 saturated carbocycles. The molecule has 0 saturated heterocycles. The second-order valence-electron chi connectivity index (χ2n) is 8.23. The Hall–Kier alpha value is -2.98. The number of anilines is 1. The summed E-state index contributed by atoms with van der Waals surface area (Å²) in [4.78, 5) is 29.9. The standard InChI is InChI=1S/C16H18N4OS.C9H12O.C2H6/c1-18-16-13(9-17)12-4-7-20(10-14(12)22-16)15(21)8-11-2-5-19-6-3-11;1-3-4-7(2)9-5-8(9)6-10;1-2/h2,5,18H,3-4,6-8,10H2,1H3;3-4,6,8-9H,1,5H2,2H3;1-2H3/b;7-4+;. The van der Waals surface area contributed by atoms with Crippen LogP contribution in [0.3, 0.4) is 0 Å². The molecule has 1 aliphatic carbocycles. The number of nitrogens with one attached hydrogen (secondary N) is 1. The molecule has 1 amide bonds. The van der Waals surface area contributed by atoms with Gasteiger partial charge in [-0.1, -0.05) is 43.7 Å². The number of nitriles is 1. The van der Waals surface area contributed by atoms with Crippen molar-refractivity contribution in [1.82, 2.24) is 4.90 Å². The van der Waals surface area contributed by atoms with Crippen LogP contribution in [0.2, 0.25) is 0 Å². The molecule has 2 aliphatic heterocycles. The summed E-state index contributed by atoms with van der Waals surface area (Å²) in [7, 11) is 1.83. The van der Waals surface area contributed by atoms with Gasteiger partial charge in [0.15, 0.2) is 0 Å². The van der Waals surface area contributed by atoms with Gasteiger partial charge in [-0.2, -0.15) is 5.26 Å². The van der Waals surface area contributed by atoms with Crippen molar-refractivity contribution in [3.05, 3.63) is 52.0 Å². The number of fused-ring (bicyclic) bond motifs is 1. The molecule has 2 unspecified atom stereocenters. The molecular weight excluding hydrogens is 444 g/mol. The lowest BCUT2D eigenvalue weighted by Crippen LogP contribution is -2.35. The highest BCUT2D eigenvalue weighted by Crippen LogP contribution is 2.42. The number of amides is 1. The van der Waals surface area contributed by atoms with Crippen LogP contribution >= 0.6 is 11.3 Å². The number of thiophene rings is 1. The molecule has 1 N–H and O–H groups in total. The minimum Gasteiger partial charge on any atom is -0.379 e. The van der Waals surface area contributed by atoms with Crippen LogP contribution in [0.25, 0.3) is 0 Å². The fourth-order valence-electron chi connectivity index (χ4n) is 4.09. The highest BCUT2D eigenvalue weighted by atomic mass is 32.1. The van der Waals surface area contributed by atoms with E-state index in [0.29, 0.717) is 31.3 Å². The predicted octanol–water partition coefficient (Wildman–Crippen LogP) is 5.32. The fourth-order valence-corrected chi connectivity index (χ4v) is 5.25. The zero-order chi connectivity index (χ0) is 25.1. The van der Waals surface area contributed by atoms with E-state index in [2.05, 4.69) is 29.9 Å². The summed E-state index contributed by atoms with van der Waals surface area (Å²) in [6.07, 6.45) is 11.7. The Morgan fingerprint density at radius 3 is 2.74 bits per heavy atom. The summed E-state index contributed by atoms with van der Waals surface area (Å²) in [5, 5.41) is 13.3. The summed E-state index contributed by atoms with van der Waals surface area (Å²) in [6, 6.07) is 2.29. The predicted molar refractivity (Wildman–Crippen MR) is 141 cm³/mol. The highest BCUT2D eigenvalue weighted by Gasteiger charge is 2.37. The van der Waals surface area contributed by atoms with Gasteiger partial charge in [0.05, 0.1) is 12.1 Å². The number of aldehydes is 1. The zero-order valence-electron chi connectivity index (χ0n) is 20.8. The number of hydrogen-bond donors (Lipinski definition) is 1. The Balaban J connectivity index is 0.000000286. The van der Waals surface area contributed by atoms with Crippen molar-refractivity contribution in [2.45, 2.75) is 53.0 Å². The lowest BCUT2D eigenvalue weighted by Gasteiger charge is -2.27. The molecule has 6 nitrogen and oxygen atoms in total. The van der Waals surface area contributed by atoms with Crippen LogP contribution in [-0.4, -0.2) is 43.4 Å². The van der Waals surface area contributed by atoms with E-state index >= 15 is 0 Å². The number of allylic oxidation sites excluding steroid dienone is 4. The number of carbonyl (C=O) groups excluding carboxylic acids is 2. The summed E-state index contributed by atoms with van der Waals surface area (Å²) >= 11 is 1.59. The smallest absolute Gasteiger partial charge is 0.227 e. The third-order valence-electron chi connectivity index (χ3n) is 6.08. The molecule has 34 heavy (non-hydrogen) atoms. The average Bonchev–Trinajstić information content (AvgIpc) is 3.59. The van der Waals surface area contributed by atoms with Gasteiger partial charge in [0, 0.05) is 43.6 Å². The molecule has 3 aliphatic rings. The van der Waals surface area contributed by atoms with Gasteiger partial charge in [-0.3, -0.25) is 9.79 Å². The first-order chi connectivity index (χ1) is 16.5. The Labute approximate surface area is 207 Å². The normalized spacial score (nSPS) is 20.3. The van der Waals surface area contributed by atoms with E-state index in [0.717, 1.165) is 58.7 Å². The zero-order valence-corrected chi connectivity index (χ0v) is 21.6. The number of rotatable bonds is 6. The third-order valence-corrected chi connectivity index (χ3v) is 7.32. The molecule has 182 valence electrons. The Bertz CT molecular complexity index is 1010. The van der Waals surface area contributed by atoms with Crippen molar-refractivity contribution in [3.63, 3.8) is 0 Å². The van der Waals surface area contributed by atoms with Gasteiger partial charge in [0.25, 0.3) is 0 Å². The molecule has 0 aromatic carbocycles.